The maximum atomic E-state index is 13.6. The zero-order valence-electron chi connectivity index (χ0n) is 14.3. The van der Waals surface area contributed by atoms with Crippen molar-refractivity contribution in [2.24, 2.45) is 0 Å². The summed E-state index contributed by atoms with van der Waals surface area (Å²) < 4.78 is 32.7. The molecule has 2 rings (SSSR count). The van der Waals surface area contributed by atoms with Crippen LogP contribution in [0.3, 0.4) is 0 Å². The molecule has 0 aromatic rings. The maximum absolute atomic E-state index is 13.6. The summed E-state index contributed by atoms with van der Waals surface area (Å²) in [6.07, 6.45) is -6.37. The number of carbonyl (C=O) groups excluding carboxylic acids is 2. The van der Waals surface area contributed by atoms with Gasteiger partial charge in [-0.3, -0.25) is 4.79 Å². The van der Waals surface area contributed by atoms with E-state index in [-0.39, 0.29) is 19.6 Å². The largest absolute Gasteiger partial charge is 0.508 e. The van der Waals surface area contributed by atoms with E-state index >= 15 is 0 Å². The second-order valence-corrected chi connectivity index (χ2v) is 6.38. The average molecular weight is 381 g/mol. The second-order valence-electron chi connectivity index (χ2n) is 6.38. The normalized spacial score (nSPS) is 33.0. The number of nitrogens with one attached hydrogen (secondary N) is 1. The van der Waals surface area contributed by atoms with E-state index in [9.17, 15) is 29.3 Å². The van der Waals surface area contributed by atoms with Crippen molar-refractivity contribution in [3.05, 3.63) is 0 Å². The molecule has 26 heavy (non-hydrogen) atoms. The van der Waals surface area contributed by atoms with Crippen molar-refractivity contribution in [2.75, 3.05) is 26.4 Å². The molecule has 5 atom stereocenters. The Labute approximate surface area is 149 Å². The zero-order chi connectivity index (χ0) is 19.3. The van der Waals surface area contributed by atoms with Gasteiger partial charge in [-0.2, -0.15) is 0 Å². The van der Waals surface area contributed by atoms with Gasteiger partial charge in [-0.25, -0.2) is 9.18 Å². The van der Waals surface area contributed by atoms with Crippen molar-refractivity contribution in [3.8, 4) is 0 Å². The van der Waals surface area contributed by atoms with E-state index in [1.165, 1.54) is 0 Å². The molecule has 0 saturated carbocycles. The Morgan fingerprint density at radius 1 is 1.23 bits per heavy atom. The summed E-state index contributed by atoms with van der Waals surface area (Å²) >= 11 is 0. The lowest BCUT2D eigenvalue weighted by Crippen LogP contribution is -2.64. The second kappa shape index (κ2) is 8.91. The Bertz CT molecular complexity index is 502. The van der Waals surface area contributed by atoms with E-state index in [1.54, 1.807) is 6.92 Å². The highest BCUT2D eigenvalue weighted by Crippen LogP contribution is 2.23. The van der Waals surface area contributed by atoms with Gasteiger partial charge >= 0.3 is 6.16 Å². The van der Waals surface area contributed by atoms with E-state index in [1.807, 2.05) is 0 Å². The Morgan fingerprint density at radius 2 is 1.92 bits per heavy atom. The average Bonchev–Trinajstić information content (AvgIpc) is 2.57. The highest BCUT2D eigenvalue weighted by atomic mass is 19.1. The van der Waals surface area contributed by atoms with Gasteiger partial charge in [0, 0.05) is 6.42 Å². The van der Waals surface area contributed by atoms with Crippen molar-refractivity contribution in [3.63, 3.8) is 0 Å². The summed E-state index contributed by atoms with van der Waals surface area (Å²) in [5, 5.41) is 32.4. The van der Waals surface area contributed by atoms with Gasteiger partial charge in [0.15, 0.2) is 12.0 Å². The fourth-order valence-corrected chi connectivity index (χ4v) is 2.51. The number of carbonyl (C=O) groups is 2. The van der Waals surface area contributed by atoms with Gasteiger partial charge in [0.1, 0.15) is 37.6 Å². The van der Waals surface area contributed by atoms with Crippen LogP contribution >= 0.6 is 0 Å². The van der Waals surface area contributed by atoms with Crippen LogP contribution in [0.5, 0.6) is 0 Å². The molecule has 0 bridgehead atoms. The van der Waals surface area contributed by atoms with E-state index < -0.39 is 61.6 Å². The predicted octanol–water partition coefficient (Wildman–Crippen LogP) is -1.40. The third kappa shape index (κ3) is 5.24. The molecule has 2 saturated heterocycles. The number of amides is 1. The quantitative estimate of drug-likeness (QED) is 0.391. The van der Waals surface area contributed by atoms with Gasteiger partial charge in [-0.05, 0) is 6.42 Å². The number of halogens is 1. The molecular formula is C15H24FNO9. The van der Waals surface area contributed by atoms with Crippen LogP contribution in [0.2, 0.25) is 0 Å². The summed E-state index contributed by atoms with van der Waals surface area (Å²) in [4.78, 5) is 23.0. The predicted molar refractivity (Wildman–Crippen MR) is 81.7 cm³/mol. The minimum Gasteiger partial charge on any atom is -0.431 e. The first-order valence-electron chi connectivity index (χ1n) is 8.31. The van der Waals surface area contributed by atoms with Gasteiger partial charge in [-0.15, -0.1) is 0 Å². The van der Waals surface area contributed by atoms with Gasteiger partial charge < -0.3 is 39.6 Å². The number of hydrogen-bond donors (Lipinski definition) is 4. The molecule has 0 aromatic carbocycles. The SMILES string of the molecule is CCCC(=O)N[C@H]1C(O)O[C@H](COC(=O)OCC2(F)COC2)[C@@H](O)[C@@H]1O. The number of aliphatic hydroxyl groups excluding tert-OH is 3. The van der Waals surface area contributed by atoms with Gasteiger partial charge in [0.2, 0.25) is 5.91 Å². The van der Waals surface area contributed by atoms with Crippen LogP contribution in [0.15, 0.2) is 0 Å². The Hall–Kier alpha value is -1.53. The summed E-state index contributed by atoms with van der Waals surface area (Å²) in [5.74, 6) is -0.412. The first kappa shape index (κ1) is 20.8. The van der Waals surface area contributed by atoms with Crippen molar-refractivity contribution in [1.82, 2.24) is 5.32 Å². The Morgan fingerprint density at radius 3 is 2.50 bits per heavy atom. The molecule has 0 spiro atoms. The summed E-state index contributed by atoms with van der Waals surface area (Å²) in [5.41, 5.74) is -1.73. The van der Waals surface area contributed by atoms with Crippen molar-refractivity contribution in [2.45, 2.75) is 56.1 Å². The third-order valence-electron chi connectivity index (χ3n) is 4.06. The molecular weight excluding hydrogens is 357 g/mol. The fraction of sp³-hybridized carbons (Fsp3) is 0.867. The number of aliphatic hydroxyl groups is 3. The van der Waals surface area contributed by atoms with Crippen LogP contribution in [0, 0.1) is 0 Å². The molecule has 0 aromatic heterocycles. The van der Waals surface area contributed by atoms with E-state index in [0.29, 0.717) is 6.42 Å². The Balaban J connectivity index is 1.78. The first-order chi connectivity index (χ1) is 12.3. The number of alkyl halides is 1. The molecule has 0 aliphatic carbocycles. The molecule has 10 nitrogen and oxygen atoms in total. The highest BCUT2D eigenvalue weighted by Gasteiger charge is 2.45. The maximum Gasteiger partial charge on any atom is 0.508 e. The molecule has 0 radical (unpaired) electrons. The molecule has 11 heteroatoms. The van der Waals surface area contributed by atoms with E-state index in [0.717, 1.165) is 0 Å². The molecule has 1 unspecified atom stereocenters. The highest BCUT2D eigenvalue weighted by molar-refractivity contribution is 5.76. The molecule has 2 fully saturated rings. The third-order valence-corrected chi connectivity index (χ3v) is 4.06. The van der Waals surface area contributed by atoms with Gasteiger partial charge in [-0.1, -0.05) is 6.92 Å². The molecule has 2 aliphatic rings. The number of rotatable bonds is 7. The van der Waals surface area contributed by atoms with Crippen LogP contribution in [0.4, 0.5) is 9.18 Å². The minimum absolute atomic E-state index is 0.172. The van der Waals surface area contributed by atoms with Crippen LogP contribution in [-0.4, -0.2) is 90.1 Å². The van der Waals surface area contributed by atoms with Crippen LogP contribution in [-0.2, 0) is 23.7 Å². The van der Waals surface area contributed by atoms with Gasteiger partial charge in [0.25, 0.3) is 0 Å². The van der Waals surface area contributed by atoms with Crippen molar-refractivity contribution < 1.29 is 48.2 Å². The Kier molecular flexibility index (Phi) is 7.12. The van der Waals surface area contributed by atoms with Gasteiger partial charge in [0.05, 0.1) is 13.2 Å². The smallest absolute Gasteiger partial charge is 0.431 e. The fourth-order valence-electron chi connectivity index (χ4n) is 2.51. The van der Waals surface area contributed by atoms with Crippen LogP contribution in [0.1, 0.15) is 19.8 Å². The summed E-state index contributed by atoms with van der Waals surface area (Å²) in [6, 6.07) is -1.22. The lowest BCUT2D eigenvalue weighted by molar-refractivity contribution is -0.254. The summed E-state index contributed by atoms with van der Waals surface area (Å²) in [6.45, 7) is 0.368. The van der Waals surface area contributed by atoms with Crippen LogP contribution in [0.25, 0.3) is 0 Å². The number of hydrogen-bond acceptors (Lipinski definition) is 9. The standard InChI is InChI=1S/C15H24FNO9/c1-2-3-9(18)17-10-12(20)11(19)8(26-13(10)21)4-24-14(22)25-7-15(16)5-23-6-15/h8,10-13,19-21H,2-7H2,1H3,(H,17,18)/t8-,10-,11-,12-,13?/m1/s1. The van der Waals surface area contributed by atoms with E-state index in [4.69, 9.17) is 9.47 Å². The molecule has 2 heterocycles. The molecule has 4 N–H and O–H groups in total. The minimum atomic E-state index is -1.73. The lowest BCUT2D eigenvalue weighted by Gasteiger charge is -2.40. The zero-order valence-corrected chi connectivity index (χ0v) is 14.3. The van der Waals surface area contributed by atoms with Crippen molar-refractivity contribution >= 4 is 12.1 Å². The number of ether oxygens (including phenoxy) is 4. The lowest BCUT2D eigenvalue weighted by atomic mass is 9.97. The van der Waals surface area contributed by atoms with Crippen LogP contribution < -0.4 is 5.32 Å². The first-order valence-corrected chi connectivity index (χ1v) is 8.31. The molecule has 150 valence electrons. The molecule has 1 amide bonds. The summed E-state index contributed by atoms with van der Waals surface area (Å²) in [7, 11) is 0. The van der Waals surface area contributed by atoms with E-state index in [2.05, 4.69) is 14.8 Å². The van der Waals surface area contributed by atoms with Crippen molar-refractivity contribution in [1.29, 1.82) is 0 Å². The topological polar surface area (TPSA) is 144 Å². The molecule has 2 aliphatic heterocycles. The monoisotopic (exact) mass is 381 g/mol.